The molecule has 18 heavy (non-hydrogen) atoms. The highest BCUT2D eigenvalue weighted by atomic mass is 16.2. The zero-order valence-corrected chi connectivity index (χ0v) is 10.5. The number of rotatable bonds is 1. The summed E-state index contributed by atoms with van der Waals surface area (Å²) >= 11 is 0. The van der Waals surface area contributed by atoms with E-state index in [4.69, 9.17) is 5.73 Å². The van der Waals surface area contributed by atoms with E-state index in [0.29, 0.717) is 11.7 Å². The third kappa shape index (κ3) is 1.92. The number of nitrogens with one attached hydrogen (secondary N) is 1. The summed E-state index contributed by atoms with van der Waals surface area (Å²) in [5, 5.41) is 3.12. The van der Waals surface area contributed by atoms with Crippen LogP contribution in [0.25, 0.3) is 0 Å². The van der Waals surface area contributed by atoms with Gasteiger partial charge in [0.2, 0.25) is 0 Å². The minimum absolute atomic E-state index is 0.0125. The maximum Gasteiger partial charge on any atom is 0.322 e. The number of carbonyl (C=O) groups is 1. The molecule has 0 spiro atoms. The van der Waals surface area contributed by atoms with Gasteiger partial charge in [-0.1, -0.05) is 25.0 Å². The van der Waals surface area contributed by atoms with Crippen LogP contribution >= 0.6 is 0 Å². The van der Waals surface area contributed by atoms with Gasteiger partial charge in [-0.2, -0.15) is 0 Å². The number of fused-ring (bicyclic) bond motifs is 1. The van der Waals surface area contributed by atoms with Crippen LogP contribution in [0.3, 0.4) is 0 Å². The maximum absolute atomic E-state index is 12.3. The normalized spacial score (nSPS) is 19.0. The van der Waals surface area contributed by atoms with Crippen molar-refractivity contribution in [3.63, 3.8) is 0 Å². The number of carbonyl (C=O) groups excluding carboxylic acids is 1. The Balaban J connectivity index is 1.77. The summed E-state index contributed by atoms with van der Waals surface area (Å²) in [6, 6.07) is 6.23. The number of amides is 2. The number of nitrogens with two attached hydrogens (primary N) is 1. The van der Waals surface area contributed by atoms with E-state index in [0.717, 1.165) is 31.5 Å². The fourth-order valence-corrected chi connectivity index (χ4v) is 3.01. The van der Waals surface area contributed by atoms with Crippen LogP contribution in [0.4, 0.5) is 16.2 Å². The average molecular weight is 245 g/mol. The summed E-state index contributed by atoms with van der Waals surface area (Å²) in [7, 11) is 0. The standard InChI is InChI=1S/C14H19N3O/c15-12-7-3-4-10-8-9-17(13(10)12)14(18)16-11-5-1-2-6-11/h3-4,7,11H,1-2,5-6,8-9,15H2,(H,16,18). The summed E-state index contributed by atoms with van der Waals surface area (Å²) in [5.41, 5.74) is 8.77. The topological polar surface area (TPSA) is 58.4 Å². The summed E-state index contributed by atoms with van der Waals surface area (Å²) < 4.78 is 0. The van der Waals surface area contributed by atoms with E-state index >= 15 is 0 Å². The Kier molecular flexibility index (Phi) is 2.86. The highest BCUT2D eigenvalue weighted by Gasteiger charge is 2.28. The van der Waals surface area contributed by atoms with Crippen LogP contribution < -0.4 is 16.0 Å². The Morgan fingerprint density at radius 1 is 1.33 bits per heavy atom. The third-order valence-corrected chi connectivity index (χ3v) is 3.95. The van der Waals surface area contributed by atoms with E-state index in [1.54, 1.807) is 4.90 Å². The van der Waals surface area contributed by atoms with Crippen LogP contribution in [-0.2, 0) is 6.42 Å². The Hall–Kier alpha value is -1.71. The van der Waals surface area contributed by atoms with E-state index in [9.17, 15) is 4.79 Å². The molecular weight excluding hydrogens is 226 g/mol. The Labute approximate surface area is 107 Å². The van der Waals surface area contributed by atoms with Crippen molar-refractivity contribution in [2.75, 3.05) is 17.2 Å². The minimum atomic E-state index is 0.0125. The minimum Gasteiger partial charge on any atom is -0.397 e. The molecule has 1 fully saturated rings. The van der Waals surface area contributed by atoms with Gasteiger partial charge in [-0.3, -0.25) is 4.90 Å². The van der Waals surface area contributed by atoms with Gasteiger partial charge in [0.05, 0.1) is 11.4 Å². The van der Waals surface area contributed by atoms with Gasteiger partial charge in [-0.25, -0.2) is 4.79 Å². The van der Waals surface area contributed by atoms with Crippen LogP contribution in [-0.4, -0.2) is 18.6 Å². The van der Waals surface area contributed by atoms with Crippen molar-refractivity contribution in [3.8, 4) is 0 Å². The van der Waals surface area contributed by atoms with Crippen LogP contribution in [0.1, 0.15) is 31.2 Å². The zero-order valence-electron chi connectivity index (χ0n) is 10.5. The molecule has 96 valence electrons. The average Bonchev–Trinajstić information content (AvgIpc) is 2.97. The van der Waals surface area contributed by atoms with E-state index < -0.39 is 0 Å². The SMILES string of the molecule is Nc1cccc2c1N(C(=O)NC1CCCC1)CC2. The number of hydrogen-bond donors (Lipinski definition) is 2. The molecule has 4 nitrogen and oxygen atoms in total. The van der Waals surface area contributed by atoms with Crippen molar-refractivity contribution >= 4 is 17.4 Å². The van der Waals surface area contributed by atoms with E-state index in [-0.39, 0.29) is 6.03 Å². The molecule has 0 bridgehead atoms. The molecule has 1 heterocycles. The molecule has 1 aromatic carbocycles. The molecule has 1 aliphatic carbocycles. The first-order valence-corrected chi connectivity index (χ1v) is 6.71. The smallest absolute Gasteiger partial charge is 0.322 e. The summed E-state index contributed by atoms with van der Waals surface area (Å²) in [4.78, 5) is 14.1. The molecule has 3 rings (SSSR count). The fourth-order valence-electron chi connectivity index (χ4n) is 3.01. The van der Waals surface area contributed by atoms with Gasteiger partial charge in [-0.05, 0) is 30.9 Å². The molecule has 0 unspecified atom stereocenters. The van der Waals surface area contributed by atoms with Crippen LogP contribution in [0.2, 0.25) is 0 Å². The van der Waals surface area contributed by atoms with Gasteiger partial charge in [0.1, 0.15) is 0 Å². The number of hydrogen-bond acceptors (Lipinski definition) is 2. The van der Waals surface area contributed by atoms with Crippen molar-refractivity contribution < 1.29 is 4.79 Å². The zero-order chi connectivity index (χ0) is 12.5. The Morgan fingerprint density at radius 2 is 2.11 bits per heavy atom. The molecule has 2 amide bonds. The molecule has 0 saturated heterocycles. The van der Waals surface area contributed by atoms with Crippen molar-refractivity contribution in [1.29, 1.82) is 0 Å². The van der Waals surface area contributed by atoms with Gasteiger partial charge in [0.15, 0.2) is 0 Å². The largest absolute Gasteiger partial charge is 0.397 e. The quantitative estimate of drug-likeness (QED) is 0.746. The van der Waals surface area contributed by atoms with E-state index in [1.807, 2.05) is 12.1 Å². The second kappa shape index (κ2) is 4.52. The molecule has 0 aromatic heterocycles. The Morgan fingerprint density at radius 3 is 2.89 bits per heavy atom. The lowest BCUT2D eigenvalue weighted by molar-refractivity contribution is 0.243. The first-order valence-electron chi connectivity index (χ1n) is 6.71. The second-order valence-corrected chi connectivity index (χ2v) is 5.19. The second-order valence-electron chi connectivity index (χ2n) is 5.19. The number of nitrogens with zero attached hydrogens (tertiary/aromatic N) is 1. The molecule has 2 aliphatic rings. The molecule has 1 aromatic rings. The highest BCUT2D eigenvalue weighted by Crippen LogP contribution is 2.33. The molecule has 4 heteroatoms. The van der Waals surface area contributed by atoms with Crippen molar-refractivity contribution in [3.05, 3.63) is 23.8 Å². The lowest BCUT2D eigenvalue weighted by Gasteiger charge is -2.22. The monoisotopic (exact) mass is 245 g/mol. The van der Waals surface area contributed by atoms with Gasteiger partial charge >= 0.3 is 6.03 Å². The first kappa shape index (κ1) is 11.4. The van der Waals surface area contributed by atoms with Gasteiger partial charge in [0.25, 0.3) is 0 Å². The van der Waals surface area contributed by atoms with Crippen LogP contribution in [0.15, 0.2) is 18.2 Å². The molecular formula is C14H19N3O. The predicted molar refractivity (Wildman–Crippen MR) is 72.7 cm³/mol. The molecule has 1 aliphatic heterocycles. The number of benzene rings is 1. The van der Waals surface area contributed by atoms with Gasteiger partial charge in [0, 0.05) is 12.6 Å². The number of para-hydroxylation sites is 1. The lowest BCUT2D eigenvalue weighted by Crippen LogP contribution is -2.43. The third-order valence-electron chi connectivity index (χ3n) is 3.95. The van der Waals surface area contributed by atoms with E-state index in [1.165, 1.54) is 18.4 Å². The van der Waals surface area contributed by atoms with Crippen LogP contribution in [0, 0.1) is 0 Å². The summed E-state index contributed by atoms with van der Waals surface area (Å²) in [6.07, 6.45) is 5.57. The molecule has 3 N–H and O–H groups in total. The van der Waals surface area contributed by atoms with E-state index in [2.05, 4.69) is 11.4 Å². The predicted octanol–water partition coefficient (Wildman–Crippen LogP) is 2.28. The summed E-state index contributed by atoms with van der Waals surface area (Å²) in [5.74, 6) is 0. The molecule has 0 atom stereocenters. The fraction of sp³-hybridized carbons (Fsp3) is 0.500. The van der Waals surface area contributed by atoms with Crippen molar-refractivity contribution in [2.24, 2.45) is 0 Å². The van der Waals surface area contributed by atoms with Crippen molar-refractivity contribution in [2.45, 2.75) is 38.1 Å². The lowest BCUT2D eigenvalue weighted by atomic mass is 10.1. The highest BCUT2D eigenvalue weighted by molar-refractivity contribution is 5.97. The summed E-state index contributed by atoms with van der Waals surface area (Å²) in [6.45, 7) is 0.738. The number of anilines is 2. The van der Waals surface area contributed by atoms with Crippen molar-refractivity contribution in [1.82, 2.24) is 5.32 Å². The molecule has 1 saturated carbocycles. The Bertz CT molecular complexity index is 466. The van der Waals surface area contributed by atoms with Gasteiger partial charge in [-0.15, -0.1) is 0 Å². The molecule has 0 radical (unpaired) electrons. The maximum atomic E-state index is 12.3. The van der Waals surface area contributed by atoms with Gasteiger partial charge < -0.3 is 11.1 Å². The first-order chi connectivity index (χ1) is 8.75. The van der Waals surface area contributed by atoms with Crippen LogP contribution in [0.5, 0.6) is 0 Å². The number of nitrogen functional groups attached to an aromatic ring is 1. The number of urea groups is 1.